The van der Waals surface area contributed by atoms with Gasteiger partial charge in [0.2, 0.25) is 0 Å². The molecule has 0 aliphatic rings. The molecule has 0 atom stereocenters. The molecule has 1 amide bonds. The molecule has 2 rings (SSSR count). The molecule has 5 nitrogen and oxygen atoms in total. The van der Waals surface area contributed by atoms with Crippen molar-refractivity contribution in [3.8, 4) is 0 Å². The molecule has 0 bridgehead atoms. The molecule has 108 valence electrons. The second-order valence-electron chi connectivity index (χ2n) is 4.34. The fourth-order valence-corrected chi connectivity index (χ4v) is 1.88. The number of rotatable bonds is 4. The Morgan fingerprint density at radius 2 is 2.20 bits per heavy atom. The molecule has 0 fully saturated rings. The third kappa shape index (κ3) is 2.87. The summed E-state index contributed by atoms with van der Waals surface area (Å²) in [4.78, 5) is 15.8. The number of hydrogen-bond donors (Lipinski definition) is 1. The van der Waals surface area contributed by atoms with E-state index < -0.39 is 17.0 Å². The maximum atomic E-state index is 13.4. The molecule has 0 unspecified atom stereocenters. The van der Waals surface area contributed by atoms with Crippen molar-refractivity contribution in [2.24, 2.45) is 0 Å². The first kappa shape index (κ1) is 14.6. The summed E-state index contributed by atoms with van der Waals surface area (Å²) in [6.45, 7) is 3.95. The van der Waals surface area contributed by atoms with E-state index in [1.165, 1.54) is 6.07 Å². The largest absolute Gasteiger partial charge is 0.364 e. The Morgan fingerprint density at radius 1 is 1.50 bits per heavy atom. The minimum atomic E-state index is -3.59. The number of nitrogens with zero attached hydrogens (tertiary/aromatic N) is 3. The second kappa shape index (κ2) is 5.32. The molecule has 8 heteroatoms. The molecule has 0 saturated carbocycles. The minimum Gasteiger partial charge on any atom is -0.351 e. The van der Waals surface area contributed by atoms with Crippen molar-refractivity contribution in [2.75, 3.05) is 6.54 Å². The van der Waals surface area contributed by atoms with Crippen LogP contribution in [0.15, 0.2) is 12.1 Å². The van der Waals surface area contributed by atoms with Crippen molar-refractivity contribution in [3.05, 3.63) is 29.2 Å². The zero-order valence-corrected chi connectivity index (χ0v) is 11.7. The molecule has 1 N–H and O–H groups in total. The van der Waals surface area contributed by atoms with Gasteiger partial charge in [-0.1, -0.05) is 6.92 Å². The lowest BCUT2D eigenvalue weighted by molar-refractivity contribution is 0.0864. The van der Waals surface area contributed by atoms with Gasteiger partial charge < -0.3 is 5.32 Å². The average Bonchev–Trinajstić information content (AvgIpc) is 2.77. The van der Waals surface area contributed by atoms with Gasteiger partial charge >= 0.3 is 5.38 Å². The van der Waals surface area contributed by atoms with E-state index >= 15 is 0 Å². The number of carbonyl (C=O) groups is 1. The van der Waals surface area contributed by atoms with Gasteiger partial charge in [0, 0.05) is 18.3 Å². The molecular formula is C12H13ClF2N4O. The maximum Gasteiger partial charge on any atom is 0.364 e. The fourth-order valence-electron chi connectivity index (χ4n) is 1.74. The summed E-state index contributed by atoms with van der Waals surface area (Å²) in [7, 11) is 0. The molecular weight excluding hydrogens is 290 g/mol. The Morgan fingerprint density at radius 3 is 2.80 bits per heavy atom. The lowest BCUT2D eigenvalue weighted by Crippen LogP contribution is -2.24. The van der Waals surface area contributed by atoms with Gasteiger partial charge in [-0.25, -0.2) is 9.50 Å². The maximum absolute atomic E-state index is 13.4. The smallest absolute Gasteiger partial charge is 0.351 e. The average molecular weight is 303 g/mol. The predicted molar refractivity (Wildman–Crippen MR) is 70.1 cm³/mol. The van der Waals surface area contributed by atoms with E-state index in [0.29, 0.717) is 12.2 Å². The highest BCUT2D eigenvalue weighted by molar-refractivity contribution is 6.21. The summed E-state index contributed by atoms with van der Waals surface area (Å²) in [6.07, 6.45) is 0.765. The molecule has 0 saturated heterocycles. The van der Waals surface area contributed by atoms with Gasteiger partial charge in [0.25, 0.3) is 5.91 Å². The quantitative estimate of drug-likeness (QED) is 0.883. The SMILES string of the molecule is CCCNC(=O)c1cc2nc(C)cc(C(F)(F)Cl)n2n1. The highest BCUT2D eigenvalue weighted by Crippen LogP contribution is 2.32. The number of alkyl halides is 3. The summed E-state index contributed by atoms with van der Waals surface area (Å²) in [5.74, 6) is -0.432. The number of nitrogens with one attached hydrogen (secondary N) is 1. The monoisotopic (exact) mass is 302 g/mol. The minimum absolute atomic E-state index is 0.0266. The summed E-state index contributed by atoms with van der Waals surface area (Å²) in [6, 6.07) is 2.49. The second-order valence-corrected chi connectivity index (χ2v) is 4.81. The molecule has 2 aromatic heterocycles. The Hall–Kier alpha value is -1.76. The standard InChI is InChI=1S/C12H13ClF2N4O/c1-3-4-16-11(20)8-6-10-17-7(2)5-9(12(13,14)15)19(10)18-8/h5-6H,3-4H2,1-2H3,(H,16,20). The zero-order chi connectivity index (χ0) is 14.9. The van der Waals surface area contributed by atoms with Gasteiger partial charge in [-0.3, -0.25) is 4.79 Å². The third-order valence-corrected chi connectivity index (χ3v) is 2.81. The van der Waals surface area contributed by atoms with E-state index in [1.54, 1.807) is 6.92 Å². The van der Waals surface area contributed by atoms with Gasteiger partial charge in [0.1, 0.15) is 5.69 Å². The Labute approximate surface area is 118 Å². The van der Waals surface area contributed by atoms with Crippen LogP contribution in [0.1, 0.15) is 35.2 Å². The van der Waals surface area contributed by atoms with Crippen LogP contribution in [0.4, 0.5) is 8.78 Å². The number of carbonyl (C=O) groups excluding carboxylic acids is 1. The van der Waals surface area contributed by atoms with Crippen LogP contribution >= 0.6 is 11.6 Å². The summed E-state index contributed by atoms with van der Waals surface area (Å²) in [5, 5.41) is 2.88. The molecule has 20 heavy (non-hydrogen) atoms. The van der Waals surface area contributed by atoms with E-state index in [4.69, 9.17) is 11.6 Å². The van der Waals surface area contributed by atoms with Crippen molar-refractivity contribution in [1.82, 2.24) is 19.9 Å². The van der Waals surface area contributed by atoms with Gasteiger partial charge in [-0.05, 0) is 31.0 Å². The van der Waals surface area contributed by atoms with Gasteiger partial charge in [0.05, 0.1) is 0 Å². The van der Waals surface area contributed by atoms with Crippen molar-refractivity contribution < 1.29 is 13.6 Å². The van der Waals surface area contributed by atoms with Crippen molar-refractivity contribution >= 4 is 23.2 Å². The third-order valence-electron chi connectivity index (χ3n) is 2.61. The molecule has 0 radical (unpaired) electrons. The Balaban J connectivity index is 2.51. The summed E-state index contributed by atoms with van der Waals surface area (Å²) < 4.78 is 27.6. The van der Waals surface area contributed by atoms with E-state index in [2.05, 4.69) is 15.4 Å². The van der Waals surface area contributed by atoms with Crippen LogP contribution in [0.25, 0.3) is 5.65 Å². The first-order valence-corrected chi connectivity index (χ1v) is 6.43. The van der Waals surface area contributed by atoms with Crippen LogP contribution in [0.2, 0.25) is 0 Å². The Bertz CT molecular complexity index is 651. The number of halogens is 3. The number of fused-ring (bicyclic) bond motifs is 1. The van der Waals surface area contributed by atoms with Crippen LogP contribution in [-0.4, -0.2) is 27.0 Å². The van der Waals surface area contributed by atoms with E-state index in [9.17, 15) is 13.6 Å². The van der Waals surface area contributed by atoms with Crippen LogP contribution in [0.5, 0.6) is 0 Å². The van der Waals surface area contributed by atoms with Gasteiger partial charge in [-0.2, -0.15) is 13.9 Å². The predicted octanol–water partition coefficient (Wildman–Crippen LogP) is 2.47. The Kier molecular flexibility index (Phi) is 3.89. The fraction of sp³-hybridized carbons (Fsp3) is 0.417. The van der Waals surface area contributed by atoms with Crippen molar-refractivity contribution in [1.29, 1.82) is 0 Å². The normalized spacial score (nSPS) is 11.8. The summed E-state index contributed by atoms with van der Waals surface area (Å²) >= 11 is 5.06. The molecule has 0 aromatic carbocycles. The van der Waals surface area contributed by atoms with E-state index in [1.807, 2.05) is 6.92 Å². The van der Waals surface area contributed by atoms with Crippen LogP contribution in [0.3, 0.4) is 0 Å². The van der Waals surface area contributed by atoms with Gasteiger partial charge in [0.15, 0.2) is 11.3 Å². The first-order valence-electron chi connectivity index (χ1n) is 6.05. The highest BCUT2D eigenvalue weighted by Gasteiger charge is 2.32. The topological polar surface area (TPSA) is 59.3 Å². The lowest BCUT2D eigenvalue weighted by Gasteiger charge is -2.10. The molecule has 2 aromatic rings. The zero-order valence-electron chi connectivity index (χ0n) is 11.0. The number of aryl methyl sites for hydroxylation is 1. The molecule has 2 heterocycles. The van der Waals surface area contributed by atoms with Crippen LogP contribution in [0, 0.1) is 6.92 Å². The van der Waals surface area contributed by atoms with Gasteiger partial charge in [-0.15, -0.1) is 0 Å². The van der Waals surface area contributed by atoms with E-state index in [-0.39, 0.29) is 11.3 Å². The highest BCUT2D eigenvalue weighted by atomic mass is 35.5. The number of amides is 1. The number of aromatic nitrogens is 3. The molecule has 0 spiro atoms. The van der Waals surface area contributed by atoms with Crippen LogP contribution < -0.4 is 5.32 Å². The van der Waals surface area contributed by atoms with Crippen molar-refractivity contribution in [3.63, 3.8) is 0 Å². The first-order chi connectivity index (χ1) is 9.32. The molecule has 0 aliphatic carbocycles. The van der Waals surface area contributed by atoms with Crippen molar-refractivity contribution in [2.45, 2.75) is 25.7 Å². The lowest BCUT2D eigenvalue weighted by atomic mass is 10.3. The van der Waals surface area contributed by atoms with E-state index in [0.717, 1.165) is 17.0 Å². The molecule has 0 aliphatic heterocycles. The summed E-state index contributed by atoms with van der Waals surface area (Å²) in [5.41, 5.74) is 0.0325. The number of hydrogen-bond acceptors (Lipinski definition) is 3. The van der Waals surface area contributed by atoms with Crippen LogP contribution in [-0.2, 0) is 5.38 Å².